The number of urea groups is 1. The normalized spacial score (nSPS) is 15.4. The maximum absolute atomic E-state index is 12.0. The van der Waals surface area contributed by atoms with E-state index in [0.29, 0.717) is 16.7 Å². The summed E-state index contributed by atoms with van der Waals surface area (Å²) in [4.78, 5) is 24.6. The van der Waals surface area contributed by atoms with Crippen molar-refractivity contribution in [1.82, 2.24) is 10.2 Å². The van der Waals surface area contributed by atoms with Gasteiger partial charge in [0.05, 0.1) is 7.14 Å². The number of halogens is 4. The molecular weight excluding hydrogens is 617 g/mol. The van der Waals surface area contributed by atoms with Crippen LogP contribution in [0.1, 0.15) is 11.1 Å². The molecule has 0 saturated carbocycles. The van der Waals surface area contributed by atoms with Crippen molar-refractivity contribution in [1.29, 1.82) is 0 Å². The van der Waals surface area contributed by atoms with Gasteiger partial charge in [-0.25, -0.2) is 4.79 Å². The van der Waals surface area contributed by atoms with Crippen LogP contribution in [0.15, 0.2) is 36.0 Å². The molecule has 3 rings (SSSR count). The molecule has 9 heteroatoms. The first-order chi connectivity index (χ1) is 12.8. The van der Waals surface area contributed by atoms with Crippen LogP contribution in [0.3, 0.4) is 0 Å². The molecule has 1 fully saturated rings. The highest BCUT2D eigenvalue weighted by Gasteiger charge is 2.30. The number of imide groups is 1. The third-order valence-corrected chi connectivity index (χ3v) is 5.99. The summed E-state index contributed by atoms with van der Waals surface area (Å²) in [5.41, 5.74) is 1.87. The van der Waals surface area contributed by atoms with Gasteiger partial charge in [0.15, 0.2) is 0 Å². The number of nitrogens with zero attached hydrogens (tertiary/aromatic N) is 1. The molecule has 1 N–H and O–H groups in total. The SMILES string of the molecule is CN1C(=O)N/C(=C/c2cc(I)c(OCc3ccc(Cl)cc3Cl)c(I)c2)C1=O. The largest absolute Gasteiger partial charge is 0.487 e. The molecule has 0 aromatic heterocycles. The number of benzene rings is 2. The van der Waals surface area contributed by atoms with Gasteiger partial charge in [-0.1, -0.05) is 29.3 Å². The Bertz CT molecular complexity index is 956. The van der Waals surface area contributed by atoms with Gasteiger partial charge in [0.1, 0.15) is 18.1 Å². The number of amides is 3. The van der Waals surface area contributed by atoms with Gasteiger partial charge in [0.25, 0.3) is 5.91 Å². The first-order valence-electron chi connectivity index (χ1n) is 7.63. The summed E-state index contributed by atoms with van der Waals surface area (Å²) in [6, 6.07) is 8.60. The van der Waals surface area contributed by atoms with Crippen LogP contribution in [-0.2, 0) is 11.4 Å². The number of carbonyl (C=O) groups excluding carboxylic acids is 2. The Labute approximate surface area is 193 Å². The van der Waals surface area contributed by atoms with E-state index in [4.69, 9.17) is 27.9 Å². The van der Waals surface area contributed by atoms with Gasteiger partial charge in [-0.05, 0) is 81.1 Å². The van der Waals surface area contributed by atoms with E-state index < -0.39 is 6.03 Å². The van der Waals surface area contributed by atoms with Crippen molar-refractivity contribution >= 4 is 86.4 Å². The molecule has 3 amide bonds. The lowest BCUT2D eigenvalue weighted by atomic mass is 10.2. The molecule has 5 nitrogen and oxygen atoms in total. The van der Waals surface area contributed by atoms with Gasteiger partial charge in [0.2, 0.25) is 0 Å². The second kappa shape index (κ2) is 8.54. The van der Waals surface area contributed by atoms with Crippen LogP contribution in [0.25, 0.3) is 6.08 Å². The molecule has 1 aliphatic heterocycles. The second-order valence-electron chi connectivity index (χ2n) is 5.69. The predicted molar refractivity (Wildman–Crippen MR) is 122 cm³/mol. The van der Waals surface area contributed by atoms with Crippen molar-refractivity contribution in [3.8, 4) is 5.75 Å². The molecule has 0 unspecified atom stereocenters. The van der Waals surface area contributed by atoms with Crippen LogP contribution in [0.4, 0.5) is 4.79 Å². The van der Waals surface area contributed by atoms with E-state index in [-0.39, 0.29) is 11.6 Å². The zero-order valence-corrected chi connectivity index (χ0v) is 19.7. The molecule has 2 aromatic rings. The quantitative estimate of drug-likeness (QED) is 0.284. The molecule has 1 saturated heterocycles. The molecule has 27 heavy (non-hydrogen) atoms. The third-order valence-electron chi connectivity index (χ3n) is 3.80. The van der Waals surface area contributed by atoms with E-state index in [1.807, 2.05) is 18.2 Å². The minimum absolute atomic E-state index is 0.246. The van der Waals surface area contributed by atoms with Crippen molar-refractivity contribution in [2.75, 3.05) is 7.05 Å². The molecule has 2 aromatic carbocycles. The lowest BCUT2D eigenvalue weighted by Crippen LogP contribution is -2.25. The Balaban J connectivity index is 1.81. The van der Waals surface area contributed by atoms with E-state index in [1.54, 1.807) is 18.2 Å². The predicted octanol–water partition coefficient (Wildman–Crippen LogP) is 5.30. The van der Waals surface area contributed by atoms with E-state index in [9.17, 15) is 9.59 Å². The molecule has 0 spiro atoms. The van der Waals surface area contributed by atoms with Gasteiger partial charge in [-0.15, -0.1) is 0 Å². The van der Waals surface area contributed by atoms with Crippen molar-refractivity contribution in [2.45, 2.75) is 6.61 Å². The summed E-state index contributed by atoms with van der Waals surface area (Å²) in [6.45, 7) is 0.307. The summed E-state index contributed by atoms with van der Waals surface area (Å²) in [7, 11) is 1.44. The Morgan fingerprint density at radius 1 is 1.15 bits per heavy atom. The number of rotatable bonds is 4. The zero-order valence-electron chi connectivity index (χ0n) is 13.9. The fourth-order valence-electron chi connectivity index (χ4n) is 2.38. The highest BCUT2D eigenvalue weighted by molar-refractivity contribution is 14.1. The van der Waals surface area contributed by atoms with Crippen LogP contribution in [-0.4, -0.2) is 23.9 Å². The van der Waals surface area contributed by atoms with E-state index >= 15 is 0 Å². The fraction of sp³-hybridized carbons (Fsp3) is 0.111. The summed E-state index contributed by atoms with van der Waals surface area (Å²) < 4.78 is 7.70. The molecule has 1 heterocycles. The molecule has 0 radical (unpaired) electrons. The first kappa shape index (κ1) is 20.7. The molecule has 1 aliphatic rings. The average molecular weight is 629 g/mol. The van der Waals surface area contributed by atoms with Crippen molar-refractivity contribution in [3.05, 3.63) is 64.3 Å². The van der Waals surface area contributed by atoms with Crippen molar-refractivity contribution < 1.29 is 14.3 Å². The van der Waals surface area contributed by atoms with Crippen molar-refractivity contribution in [3.63, 3.8) is 0 Å². The van der Waals surface area contributed by atoms with E-state index in [1.165, 1.54) is 7.05 Å². The highest BCUT2D eigenvalue weighted by atomic mass is 127. The molecule has 0 bridgehead atoms. The van der Waals surface area contributed by atoms with E-state index in [2.05, 4.69) is 50.5 Å². The Morgan fingerprint density at radius 2 is 1.81 bits per heavy atom. The number of hydrogen-bond acceptors (Lipinski definition) is 3. The molecule has 0 atom stereocenters. The molecule has 140 valence electrons. The maximum Gasteiger partial charge on any atom is 0.328 e. The van der Waals surface area contributed by atoms with Gasteiger partial charge < -0.3 is 10.1 Å². The number of carbonyl (C=O) groups is 2. The van der Waals surface area contributed by atoms with Crippen molar-refractivity contribution in [2.24, 2.45) is 0 Å². The van der Waals surface area contributed by atoms with E-state index in [0.717, 1.165) is 28.9 Å². The fourth-order valence-corrected chi connectivity index (χ4v) is 4.97. The summed E-state index contributed by atoms with van der Waals surface area (Å²) in [5.74, 6) is 0.367. The minimum atomic E-state index is -0.435. The number of hydrogen-bond donors (Lipinski definition) is 1. The summed E-state index contributed by atoms with van der Waals surface area (Å²) in [6.07, 6.45) is 1.65. The van der Waals surface area contributed by atoms with Crippen LogP contribution < -0.4 is 10.1 Å². The van der Waals surface area contributed by atoms with Gasteiger partial charge >= 0.3 is 6.03 Å². The van der Waals surface area contributed by atoms with Crippen LogP contribution in [0.5, 0.6) is 5.75 Å². The summed E-state index contributed by atoms with van der Waals surface area (Å²) >= 11 is 16.4. The van der Waals surface area contributed by atoms with Gasteiger partial charge in [-0.3, -0.25) is 9.69 Å². The number of nitrogens with one attached hydrogen (secondary N) is 1. The molecule has 0 aliphatic carbocycles. The van der Waals surface area contributed by atoms with Gasteiger partial charge in [-0.2, -0.15) is 0 Å². The zero-order chi connectivity index (χ0) is 19.7. The third kappa shape index (κ3) is 4.69. The monoisotopic (exact) mass is 628 g/mol. The summed E-state index contributed by atoms with van der Waals surface area (Å²) in [5, 5.41) is 3.67. The first-order valence-corrected chi connectivity index (χ1v) is 10.5. The van der Waals surface area contributed by atoms with Crippen LogP contribution >= 0.6 is 68.4 Å². The second-order valence-corrected chi connectivity index (χ2v) is 8.86. The topological polar surface area (TPSA) is 58.6 Å². The molecular formula is C18H12Cl2I2N2O3. The number of ether oxygens (including phenoxy) is 1. The highest BCUT2D eigenvalue weighted by Crippen LogP contribution is 2.31. The Kier molecular flexibility index (Phi) is 6.54. The lowest BCUT2D eigenvalue weighted by Gasteiger charge is -2.12. The Hall–Kier alpha value is -1.04. The van der Waals surface area contributed by atoms with Crippen LogP contribution in [0.2, 0.25) is 10.0 Å². The average Bonchev–Trinajstić information content (AvgIpc) is 2.83. The standard InChI is InChI=1S/C18H12Cl2I2N2O3/c1-24-17(25)15(23-18(24)26)6-9-4-13(21)16(14(22)5-9)27-8-10-2-3-11(19)7-12(10)20/h2-7H,8H2,1H3,(H,23,26)/b15-6+. The van der Waals surface area contributed by atoms with Gasteiger partial charge in [0, 0.05) is 22.7 Å². The lowest BCUT2D eigenvalue weighted by molar-refractivity contribution is -0.121. The minimum Gasteiger partial charge on any atom is -0.487 e. The van der Waals surface area contributed by atoms with Crippen LogP contribution in [0, 0.1) is 7.14 Å². The maximum atomic E-state index is 12.0. The number of likely N-dealkylation sites (N-methyl/N-ethyl adjacent to an activating group) is 1. The smallest absolute Gasteiger partial charge is 0.328 e. The Morgan fingerprint density at radius 3 is 2.37 bits per heavy atom.